The molecule has 2 heterocycles. The maximum atomic E-state index is 12.6. The van der Waals surface area contributed by atoms with Crippen molar-refractivity contribution in [1.82, 2.24) is 20.4 Å². The van der Waals surface area contributed by atoms with Gasteiger partial charge in [-0.2, -0.15) is 18.2 Å². The van der Waals surface area contributed by atoms with E-state index in [4.69, 9.17) is 4.52 Å². The molecule has 2 aromatic carbocycles. The van der Waals surface area contributed by atoms with E-state index in [-0.39, 0.29) is 18.4 Å². The van der Waals surface area contributed by atoms with Gasteiger partial charge in [0.1, 0.15) is 0 Å². The van der Waals surface area contributed by atoms with Crippen molar-refractivity contribution in [2.45, 2.75) is 32.1 Å². The van der Waals surface area contributed by atoms with Crippen LogP contribution in [0.2, 0.25) is 0 Å². The number of carbonyl (C=O) groups excluding carboxylic acids is 1. The summed E-state index contributed by atoms with van der Waals surface area (Å²) in [5.74, 6) is 0.893. The standard InChI is InChI=1S/C23H23F3N4O2/c24-23(25,26)19-8-6-16(7-9-19)14-27-22(31)18-10-12-30(13-11-18)15-20-28-21(29-32-20)17-4-2-1-3-5-17/h1-9,18H,10-15H2,(H,27,31). The van der Waals surface area contributed by atoms with Crippen molar-refractivity contribution in [3.63, 3.8) is 0 Å². The van der Waals surface area contributed by atoms with Gasteiger partial charge >= 0.3 is 6.18 Å². The highest BCUT2D eigenvalue weighted by Crippen LogP contribution is 2.29. The average molecular weight is 444 g/mol. The summed E-state index contributed by atoms with van der Waals surface area (Å²) in [5.41, 5.74) is 0.831. The number of hydrogen-bond acceptors (Lipinski definition) is 5. The summed E-state index contributed by atoms with van der Waals surface area (Å²) in [6, 6.07) is 14.4. The van der Waals surface area contributed by atoms with Gasteiger partial charge in [-0.3, -0.25) is 9.69 Å². The molecular weight excluding hydrogens is 421 g/mol. The molecule has 1 amide bonds. The quantitative estimate of drug-likeness (QED) is 0.615. The van der Waals surface area contributed by atoms with Crippen LogP contribution in [0.5, 0.6) is 0 Å². The topological polar surface area (TPSA) is 71.3 Å². The highest BCUT2D eigenvalue weighted by molar-refractivity contribution is 5.78. The van der Waals surface area contributed by atoms with Crippen LogP contribution in [-0.2, 0) is 24.1 Å². The number of alkyl halides is 3. The van der Waals surface area contributed by atoms with E-state index in [9.17, 15) is 18.0 Å². The predicted octanol–water partition coefficient (Wildman–Crippen LogP) is 4.28. The lowest BCUT2D eigenvalue weighted by Gasteiger charge is -2.30. The monoisotopic (exact) mass is 444 g/mol. The first-order chi connectivity index (χ1) is 15.4. The number of rotatable bonds is 6. The first-order valence-corrected chi connectivity index (χ1v) is 10.4. The fourth-order valence-electron chi connectivity index (χ4n) is 3.71. The van der Waals surface area contributed by atoms with Crippen LogP contribution < -0.4 is 5.32 Å². The van der Waals surface area contributed by atoms with Crippen LogP contribution in [0, 0.1) is 5.92 Å². The van der Waals surface area contributed by atoms with E-state index in [1.807, 2.05) is 30.3 Å². The van der Waals surface area contributed by atoms with Crippen LogP contribution in [0.4, 0.5) is 13.2 Å². The average Bonchev–Trinajstić information content (AvgIpc) is 3.27. The summed E-state index contributed by atoms with van der Waals surface area (Å²) in [5, 5.41) is 6.86. The van der Waals surface area contributed by atoms with Crippen molar-refractivity contribution in [3.05, 3.63) is 71.6 Å². The number of amides is 1. The SMILES string of the molecule is O=C(NCc1ccc(C(F)(F)F)cc1)C1CCN(Cc2nc(-c3ccccc3)no2)CC1. The molecular formula is C23H23F3N4O2. The number of aromatic nitrogens is 2. The molecule has 0 bridgehead atoms. The third-order valence-electron chi connectivity index (χ3n) is 5.57. The minimum absolute atomic E-state index is 0.0753. The molecule has 4 rings (SSSR count). The lowest BCUT2D eigenvalue weighted by Crippen LogP contribution is -2.40. The van der Waals surface area contributed by atoms with E-state index in [2.05, 4.69) is 20.4 Å². The predicted molar refractivity (Wildman–Crippen MR) is 111 cm³/mol. The van der Waals surface area contributed by atoms with Crippen molar-refractivity contribution in [2.75, 3.05) is 13.1 Å². The molecule has 9 heteroatoms. The minimum atomic E-state index is -4.36. The van der Waals surface area contributed by atoms with Crippen LogP contribution in [0.3, 0.4) is 0 Å². The normalized spacial score (nSPS) is 15.6. The van der Waals surface area contributed by atoms with Crippen molar-refractivity contribution in [2.24, 2.45) is 5.92 Å². The van der Waals surface area contributed by atoms with Gasteiger partial charge in [0.15, 0.2) is 0 Å². The van der Waals surface area contributed by atoms with Crippen molar-refractivity contribution in [3.8, 4) is 11.4 Å². The summed E-state index contributed by atoms with van der Waals surface area (Å²) in [4.78, 5) is 19.1. The smallest absolute Gasteiger partial charge is 0.352 e. The number of hydrogen-bond donors (Lipinski definition) is 1. The molecule has 0 unspecified atom stereocenters. The van der Waals surface area contributed by atoms with E-state index in [0.29, 0.717) is 36.7 Å². The highest BCUT2D eigenvalue weighted by Gasteiger charge is 2.30. The zero-order valence-corrected chi connectivity index (χ0v) is 17.3. The van der Waals surface area contributed by atoms with Crippen LogP contribution in [0.15, 0.2) is 59.1 Å². The molecule has 3 aromatic rings. The summed E-state index contributed by atoms with van der Waals surface area (Å²) in [6.07, 6.45) is -2.98. The first-order valence-electron chi connectivity index (χ1n) is 10.4. The zero-order chi connectivity index (χ0) is 22.6. The number of likely N-dealkylation sites (tertiary alicyclic amines) is 1. The van der Waals surface area contributed by atoms with Gasteiger partial charge in [-0.25, -0.2) is 0 Å². The van der Waals surface area contributed by atoms with Crippen LogP contribution in [-0.4, -0.2) is 34.0 Å². The van der Waals surface area contributed by atoms with Gasteiger partial charge in [0.25, 0.3) is 0 Å². The summed E-state index contributed by atoms with van der Waals surface area (Å²) in [6.45, 7) is 2.18. The van der Waals surface area contributed by atoms with Gasteiger partial charge in [-0.15, -0.1) is 0 Å². The maximum Gasteiger partial charge on any atom is 0.416 e. The Hall–Kier alpha value is -3.20. The Morgan fingerprint density at radius 3 is 2.41 bits per heavy atom. The van der Waals surface area contributed by atoms with Gasteiger partial charge in [-0.05, 0) is 43.6 Å². The Kier molecular flexibility index (Phi) is 6.55. The van der Waals surface area contributed by atoms with Gasteiger partial charge in [0.2, 0.25) is 17.6 Å². The molecule has 0 atom stereocenters. The Bertz CT molecular complexity index is 1030. The molecule has 1 aromatic heterocycles. The number of piperidine rings is 1. The molecule has 1 fully saturated rings. The van der Waals surface area contributed by atoms with E-state index >= 15 is 0 Å². The van der Waals surface area contributed by atoms with Gasteiger partial charge in [0, 0.05) is 18.0 Å². The zero-order valence-electron chi connectivity index (χ0n) is 17.3. The molecule has 0 spiro atoms. The molecule has 0 saturated carbocycles. The van der Waals surface area contributed by atoms with E-state index < -0.39 is 11.7 Å². The van der Waals surface area contributed by atoms with Crippen molar-refractivity contribution in [1.29, 1.82) is 0 Å². The highest BCUT2D eigenvalue weighted by atomic mass is 19.4. The summed E-state index contributed by atoms with van der Waals surface area (Å²) >= 11 is 0. The molecule has 1 N–H and O–H groups in total. The maximum absolute atomic E-state index is 12.6. The largest absolute Gasteiger partial charge is 0.416 e. The lowest BCUT2D eigenvalue weighted by atomic mass is 9.96. The molecule has 168 valence electrons. The number of carbonyl (C=O) groups is 1. The lowest BCUT2D eigenvalue weighted by molar-refractivity contribution is -0.137. The summed E-state index contributed by atoms with van der Waals surface area (Å²) in [7, 11) is 0. The van der Waals surface area contributed by atoms with Gasteiger partial charge < -0.3 is 9.84 Å². The Labute approximate surface area is 183 Å². The Morgan fingerprint density at radius 2 is 1.75 bits per heavy atom. The second kappa shape index (κ2) is 9.52. The number of benzene rings is 2. The molecule has 32 heavy (non-hydrogen) atoms. The molecule has 6 nitrogen and oxygen atoms in total. The fourth-order valence-corrected chi connectivity index (χ4v) is 3.71. The van der Waals surface area contributed by atoms with Crippen molar-refractivity contribution < 1.29 is 22.5 Å². The number of halogens is 3. The van der Waals surface area contributed by atoms with Gasteiger partial charge in [-0.1, -0.05) is 47.6 Å². The second-order valence-corrected chi connectivity index (χ2v) is 7.84. The Balaban J connectivity index is 1.22. The molecule has 1 aliphatic heterocycles. The third-order valence-corrected chi connectivity index (χ3v) is 5.57. The van der Waals surface area contributed by atoms with E-state index in [0.717, 1.165) is 30.8 Å². The molecule has 1 saturated heterocycles. The number of nitrogens with one attached hydrogen (secondary N) is 1. The molecule has 1 aliphatic rings. The van der Waals surface area contributed by atoms with E-state index in [1.54, 1.807) is 0 Å². The number of nitrogens with zero attached hydrogens (tertiary/aromatic N) is 3. The van der Waals surface area contributed by atoms with Crippen LogP contribution >= 0.6 is 0 Å². The van der Waals surface area contributed by atoms with Gasteiger partial charge in [0.05, 0.1) is 12.1 Å². The van der Waals surface area contributed by atoms with Crippen LogP contribution in [0.1, 0.15) is 29.9 Å². The molecule has 0 radical (unpaired) electrons. The van der Waals surface area contributed by atoms with Crippen molar-refractivity contribution >= 4 is 5.91 Å². The minimum Gasteiger partial charge on any atom is -0.352 e. The fraction of sp³-hybridized carbons (Fsp3) is 0.348. The first kappa shape index (κ1) is 22.0. The third kappa shape index (κ3) is 5.53. The second-order valence-electron chi connectivity index (χ2n) is 7.84. The Morgan fingerprint density at radius 1 is 1.06 bits per heavy atom. The van der Waals surface area contributed by atoms with E-state index in [1.165, 1.54) is 12.1 Å². The summed E-state index contributed by atoms with van der Waals surface area (Å²) < 4.78 is 43.3. The molecule has 0 aliphatic carbocycles. The van der Waals surface area contributed by atoms with Crippen LogP contribution in [0.25, 0.3) is 11.4 Å².